The molecule has 0 aliphatic carbocycles. The molecule has 1 aromatic rings. The molecule has 0 unspecified atom stereocenters. The van der Waals surface area contributed by atoms with Crippen molar-refractivity contribution in [3.05, 3.63) is 27.8 Å². The lowest BCUT2D eigenvalue weighted by molar-refractivity contribution is -0.499. The van der Waals surface area contributed by atoms with Crippen LogP contribution in [0, 0.1) is 10.1 Å². The third-order valence-electron chi connectivity index (χ3n) is 1.94. The summed E-state index contributed by atoms with van der Waals surface area (Å²) in [5, 5.41) is 22.9. The Kier molecular flexibility index (Phi) is 4.38. The topological polar surface area (TPSA) is 125 Å². The molecule has 0 aromatic heterocycles. The molecule has 1 rings (SSSR count). The lowest BCUT2D eigenvalue weighted by atomic mass is 10.2. The van der Waals surface area contributed by atoms with Gasteiger partial charge in [-0.1, -0.05) is 0 Å². The maximum atomic E-state index is 10.7. The summed E-state index contributed by atoms with van der Waals surface area (Å²) in [6.07, 6.45) is 1.27. The molecule has 96 valence electrons. The first-order valence-electron chi connectivity index (χ1n) is 4.65. The van der Waals surface area contributed by atoms with Gasteiger partial charge in [0, 0.05) is 6.07 Å². The number of nitro benzene ring substituents is 1. The molecule has 0 spiro atoms. The van der Waals surface area contributed by atoms with E-state index in [-0.39, 0.29) is 27.9 Å². The van der Waals surface area contributed by atoms with Crippen molar-refractivity contribution < 1.29 is 19.9 Å². The van der Waals surface area contributed by atoms with Gasteiger partial charge in [-0.15, -0.1) is 10.5 Å². The van der Waals surface area contributed by atoms with Crippen molar-refractivity contribution in [2.75, 3.05) is 7.11 Å². The number of nitrogens with two attached hydrogens (primary N) is 1. The number of phenolic OH excluding ortho intramolecular Hbond substituents is 1. The molecule has 0 aliphatic heterocycles. The number of phenols is 1. The van der Waals surface area contributed by atoms with Crippen LogP contribution in [0.25, 0.3) is 0 Å². The summed E-state index contributed by atoms with van der Waals surface area (Å²) in [5.74, 6) is -0.243. The van der Waals surface area contributed by atoms with E-state index in [0.717, 1.165) is 6.07 Å². The number of methoxy groups -OCH3 is 1. The van der Waals surface area contributed by atoms with E-state index >= 15 is 0 Å². The Morgan fingerprint density at radius 1 is 1.72 bits per heavy atom. The fraction of sp³-hybridized carbons (Fsp3) is 0.111. The summed E-state index contributed by atoms with van der Waals surface area (Å²) in [6.45, 7) is 0. The molecule has 0 fully saturated rings. The quantitative estimate of drug-likeness (QED) is 0.229. The molecule has 9 heteroatoms. The van der Waals surface area contributed by atoms with Crippen LogP contribution in [0.4, 0.5) is 5.69 Å². The van der Waals surface area contributed by atoms with E-state index in [9.17, 15) is 15.2 Å². The van der Waals surface area contributed by atoms with Gasteiger partial charge in [0.05, 0.1) is 23.7 Å². The Bertz CT molecular complexity index is 518. The van der Waals surface area contributed by atoms with Crippen molar-refractivity contribution in [1.82, 2.24) is 5.43 Å². The van der Waals surface area contributed by atoms with Crippen molar-refractivity contribution in [2.24, 2.45) is 5.73 Å². The van der Waals surface area contributed by atoms with Crippen molar-refractivity contribution in [3.63, 3.8) is 0 Å². The number of nitro groups is 1. The van der Waals surface area contributed by atoms with E-state index in [4.69, 9.17) is 10.5 Å². The SMILES string of the molecule is COc1cc([N+](=O)[O-])cc(C=[NH+]NC(N)=S)c1O. The zero-order valence-electron chi connectivity index (χ0n) is 9.34. The molecule has 0 saturated carbocycles. The molecule has 0 saturated heterocycles. The Hall–Kier alpha value is -2.42. The number of nitrogens with zero attached hydrogens (tertiary/aromatic N) is 1. The molecule has 1 aromatic carbocycles. The number of non-ortho nitro benzene ring substituents is 1. The molecule has 0 heterocycles. The van der Waals surface area contributed by atoms with Gasteiger partial charge in [-0.25, -0.2) is 0 Å². The number of hydrazone groups is 1. The van der Waals surface area contributed by atoms with E-state index < -0.39 is 4.92 Å². The highest BCUT2D eigenvalue weighted by molar-refractivity contribution is 7.80. The minimum absolute atomic E-state index is 0.00687. The van der Waals surface area contributed by atoms with Gasteiger partial charge in [0.15, 0.2) is 11.5 Å². The predicted octanol–water partition coefficient (Wildman–Crippen LogP) is -1.44. The van der Waals surface area contributed by atoms with Gasteiger partial charge in [-0.05, 0) is 12.2 Å². The van der Waals surface area contributed by atoms with E-state index in [1.54, 1.807) is 0 Å². The van der Waals surface area contributed by atoms with Crippen LogP contribution >= 0.6 is 12.2 Å². The van der Waals surface area contributed by atoms with Gasteiger partial charge >= 0.3 is 0 Å². The standard InChI is InChI=1S/C9H10N4O4S/c1-17-7-3-6(13(15)16)2-5(8(7)14)4-11-12-9(10)18/h2-4,14H,1H3,(H3,10,12,18)/p+1. The second-order valence-electron chi connectivity index (χ2n) is 3.12. The fourth-order valence-electron chi connectivity index (χ4n) is 1.17. The van der Waals surface area contributed by atoms with Crippen LogP contribution in [0.2, 0.25) is 0 Å². The number of hydrogen-bond acceptors (Lipinski definition) is 5. The van der Waals surface area contributed by atoms with Gasteiger partial charge in [0.25, 0.3) is 5.69 Å². The van der Waals surface area contributed by atoms with Gasteiger partial charge in [-0.2, -0.15) is 0 Å². The highest BCUT2D eigenvalue weighted by Gasteiger charge is 2.17. The largest absolute Gasteiger partial charge is 0.504 e. The molecule has 5 N–H and O–H groups in total. The zero-order valence-corrected chi connectivity index (χ0v) is 10.2. The predicted molar refractivity (Wildman–Crippen MR) is 67.4 cm³/mol. The van der Waals surface area contributed by atoms with Crippen LogP contribution in [0.3, 0.4) is 0 Å². The second-order valence-corrected chi connectivity index (χ2v) is 3.56. The fourth-order valence-corrected chi connectivity index (χ4v) is 1.23. The normalized spacial score (nSPS) is 10.3. The van der Waals surface area contributed by atoms with Gasteiger partial charge in [-0.3, -0.25) is 10.1 Å². The molecule has 0 amide bonds. The number of hydrazine groups is 1. The summed E-state index contributed by atoms with van der Waals surface area (Å²) in [4.78, 5) is 10.1. The third kappa shape index (κ3) is 3.28. The zero-order chi connectivity index (χ0) is 13.7. The molecule has 0 bridgehead atoms. The molecule has 18 heavy (non-hydrogen) atoms. The minimum atomic E-state index is -0.597. The first kappa shape index (κ1) is 13.6. The number of hydrogen-bond donors (Lipinski definition) is 4. The van der Waals surface area contributed by atoms with Crippen molar-refractivity contribution in [3.8, 4) is 11.5 Å². The number of nitrogens with one attached hydrogen (secondary N) is 2. The van der Waals surface area contributed by atoms with Gasteiger partial charge < -0.3 is 15.6 Å². The monoisotopic (exact) mass is 271 g/mol. The summed E-state index contributed by atoms with van der Waals surface area (Å²) in [7, 11) is 1.29. The third-order valence-corrected chi connectivity index (χ3v) is 2.05. The molecular weight excluding hydrogens is 260 g/mol. The van der Waals surface area contributed by atoms with Gasteiger partial charge in [0.1, 0.15) is 0 Å². The molecule has 8 nitrogen and oxygen atoms in total. The number of aromatic hydroxyl groups is 1. The Labute approximate surface area is 107 Å². The summed E-state index contributed by atoms with van der Waals surface area (Å²) >= 11 is 4.55. The average molecular weight is 271 g/mol. The molecular formula is C9H11N4O4S+. The first-order valence-corrected chi connectivity index (χ1v) is 5.06. The average Bonchev–Trinajstić information content (AvgIpc) is 2.30. The first-order chi connectivity index (χ1) is 8.45. The van der Waals surface area contributed by atoms with Gasteiger partial charge in [0.2, 0.25) is 11.3 Å². The van der Waals surface area contributed by atoms with Crippen LogP contribution in [0.1, 0.15) is 5.56 Å². The Morgan fingerprint density at radius 3 is 2.89 bits per heavy atom. The van der Waals surface area contributed by atoms with Crippen molar-refractivity contribution in [1.29, 1.82) is 0 Å². The maximum absolute atomic E-state index is 10.7. The molecule has 0 atom stereocenters. The van der Waals surface area contributed by atoms with Crippen LogP contribution < -0.4 is 21.0 Å². The summed E-state index contributed by atoms with van der Waals surface area (Å²) in [5.41, 5.74) is 7.50. The van der Waals surface area contributed by atoms with E-state index in [1.807, 2.05) is 0 Å². The molecule has 0 aliphatic rings. The van der Waals surface area contributed by atoms with Crippen LogP contribution in [0.5, 0.6) is 11.5 Å². The lowest BCUT2D eigenvalue weighted by Gasteiger charge is -2.04. The smallest absolute Gasteiger partial charge is 0.274 e. The van der Waals surface area contributed by atoms with Crippen molar-refractivity contribution in [2.45, 2.75) is 0 Å². The summed E-state index contributed by atoms with van der Waals surface area (Å²) in [6, 6.07) is 2.29. The van der Waals surface area contributed by atoms with E-state index in [2.05, 4.69) is 22.7 Å². The van der Waals surface area contributed by atoms with Crippen LogP contribution in [0.15, 0.2) is 12.1 Å². The maximum Gasteiger partial charge on any atom is 0.274 e. The summed E-state index contributed by atoms with van der Waals surface area (Å²) < 4.78 is 4.83. The lowest BCUT2D eigenvalue weighted by Crippen LogP contribution is -2.82. The number of ether oxygens (including phenoxy) is 1. The van der Waals surface area contributed by atoms with Crippen LogP contribution in [-0.4, -0.2) is 28.5 Å². The highest BCUT2D eigenvalue weighted by Crippen LogP contribution is 2.32. The number of benzene rings is 1. The second kappa shape index (κ2) is 5.77. The Morgan fingerprint density at radius 2 is 2.39 bits per heavy atom. The van der Waals surface area contributed by atoms with Crippen LogP contribution in [-0.2, 0) is 0 Å². The van der Waals surface area contributed by atoms with Crippen molar-refractivity contribution >= 4 is 29.2 Å². The molecule has 0 radical (unpaired) electrons. The number of rotatable bonds is 4. The minimum Gasteiger partial charge on any atom is -0.504 e. The highest BCUT2D eigenvalue weighted by atomic mass is 32.1. The van der Waals surface area contributed by atoms with E-state index in [1.165, 1.54) is 19.4 Å². The Balaban J connectivity index is 3.16. The number of thiocarbonyl (C=S) groups is 1. The van der Waals surface area contributed by atoms with E-state index in [0.29, 0.717) is 0 Å².